The van der Waals surface area contributed by atoms with Crippen LogP contribution in [0.25, 0.3) is 21.5 Å². The number of fused-ring (bicyclic) bond motifs is 2. The maximum Gasteiger partial charge on any atom is 0.488 e. The summed E-state index contributed by atoms with van der Waals surface area (Å²) in [6.45, 7) is 18.3. The maximum absolute atomic E-state index is 14.2. The predicted molar refractivity (Wildman–Crippen MR) is 256 cm³/mol. The number of hydrogen-bond donors (Lipinski definition) is 6. The van der Waals surface area contributed by atoms with Crippen LogP contribution >= 0.6 is 0 Å². The van der Waals surface area contributed by atoms with Crippen LogP contribution in [0, 0.1) is 10.8 Å². The summed E-state index contributed by atoms with van der Waals surface area (Å²) in [6.07, 6.45) is -9.45. The highest BCUT2D eigenvalue weighted by molar-refractivity contribution is 6.59. The van der Waals surface area contributed by atoms with E-state index in [0.717, 1.165) is 69.1 Å². The van der Waals surface area contributed by atoms with E-state index in [1.54, 1.807) is 0 Å². The quantitative estimate of drug-likeness (QED) is 0.0306. The van der Waals surface area contributed by atoms with Gasteiger partial charge in [-0.1, -0.05) is 100 Å². The number of carbonyl (C=O) groups is 2. The molecule has 0 aliphatic rings. The molecule has 0 radical (unpaired) electrons. The van der Waals surface area contributed by atoms with Crippen LogP contribution in [0.5, 0.6) is 0 Å². The molecule has 5 rings (SSSR count). The molecule has 0 aliphatic heterocycles. The highest BCUT2D eigenvalue weighted by atomic mass is 19.4. The van der Waals surface area contributed by atoms with Crippen molar-refractivity contribution in [1.29, 1.82) is 0 Å². The highest BCUT2D eigenvalue weighted by Gasteiger charge is 2.42. The monoisotopic (exact) mass is 950 g/mol. The van der Waals surface area contributed by atoms with Gasteiger partial charge < -0.3 is 30.7 Å². The van der Waals surface area contributed by atoms with Crippen LogP contribution < -0.4 is 21.6 Å². The van der Waals surface area contributed by atoms with Gasteiger partial charge in [-0.25, -0.2) is 0 Å². The minimum atomic E-state index is -4.73. The van der Waals surface area contributed by atoms with Crippen LogP contribution in [0.15, 0.2) is 84.9 Å². The van der Waals surface area contributed by atoms with Crippen LogP contribution in [0.2, 0.25) is 0 Å². The molecule has 0 spiro atoms. The molecule has 5 aromatic carbocycles. The third-order valence-electron chi connectivity index (χ3n) is 13.8. The van der Waals surface area contributed by atoms with Crippen molar-refractivity contribution in [2.24, 2.45) is 10.8 Å². The van der Waals surface area contributed by atoms with E-state index in [-0.39, 0.29) is 73.1 Å². The number of halogens is 6. The van der Waals surface area contributed by atoms with Gasteiger partial charge in [0.05, 0.1) is 11.1 Å². The molecule has 0 saturated carbocycles. The molecule has 0 fully saturated rings. The van der Waals surface area contributed by atoms with E-state index in [9.17, 15) is 56.0 Å². The Labute approximate surface area is 395 Å². The van der Waals surface area contributed by atoms with Crippen LogP contribution in [0.1, 0.15) is 103 Å². The van der Waals surface area contributed by atoms with Crippen LogP contribution in [0.4, 0.5) is 26.3 Å². The molecule has 0 aromatic heterocycles. The van der Waals surface area contributed by atoms with Crippen molar-refractivity contribution in [3.8, 4) is 0 Å². The number of carbonyl (C=O) groups excluding carboxylic acids is 2. The fourth-order valence-electron chi connectivity index (χ4n) is 8.99. The Morgan fingerprint density at radius 3 is 1.04 bits per heavy atom. The third kappa shape index (κ3) is 12.4. The fourth-order valence-corrected chi connectivity index (χ4v) is 8.99. The average Bonchev–Trinajstić information content (AvgIpc) is 3.19. The van der Waals surface area contributed by atoms with Gasteiger partial charge in [0.2, 0.25) is 11.8 Å². The second-order valence-electron chi connectivity index (χ2n) is 20.3. The molecule has 0 atom stereocenters. The lowest BCUT2D eigenvalue weighted by atomic mass is 9.73. The Hall–Kier alpha value is -4.97. The van der Waals surface area contributed by atoms with Crippen molar-refractivity contribution in [2.75, 3.05) is 13.1 Å². The zero-order valence-corrected chi connectivity index (χ0v) is 40.2. The SMILES string of the molecule is CC(=O)NC(C)(C)C(C)(C)CN(Cc1cc(C(F)(F)F)ccc1B(O)O)Cc1c2ccccc2c(CN(Cc2cc(C(F)(F)F)ccc2B(O)O)CC(C)(C)C(C)(C)NC(C)=O)c2ccccc12. The standard InChI is InChI=1S/C50H62B2F6N4O6/c1-31(63)59-47(7,8)45(3,4)29-61(25-33-23-35(49(53,54)55)19-21-43(33)51(65)66)27-41-37-15-11-13-17-39(37)42(40-18-14-12-16-38(40)41)28-62(30-46(5,6)48(9,10)60-32(2)64)26-34-24-36(50(56,57)58)20-22-44(34)52(67)68/h11-24,65-68H,25-30H2,1-10H3,(H,59,63)(H,60,64). The Kier molecular flexibility index (Phi) is 16.0. The number of rotatable bonds is 18. The lowest BCUT2D eigenvalue weighted by molar-refractivity contribution is -0.138. The van der Waals surface area contributed by atoms with Crippen molar-refractivity contribution in [1.82, 2.24) is 20.4 Å². The fraction of sp³-hybridized carbons (Fsp3) is 0.440. The minimum absolute atomic E-state index is 0.0376. The first-order valence-electron chi connectivity index (χ1n) is 22.3. The second kappa shape index (κ2) is 20.2. The van der Waals surface area contributed by atoms with Crippen molar-refractivity contribution in [3.05, 3.63) is 118 Å². The molecular weight excluding hydrogens is 888 g/mol. The van der Waals surface area contributed by atoms with Crippen LogP contribution in [-0.4, -0.2) is 80.1 Å². The molecule has 6 N–H and O–H groups in total. The molecule has 18 heteroatoms. The van der Waals surface area contributed by atoms with E-state index < -0.39 is 59.6 Å². The smallest absolute Gasteiger partial charge is 0.423 e. The summed E-state index contributed by atoms with van der Waals surface area (Å²) in [6, 6.07) is 20.6. The first-order chi connectivity index (χ1) is 31.2. The summed E-state index contributed by atoms with van der Waals surface area (Å²) in [5.74, 6) is -0.558. The summed E-state index contributed by atoms with van der Waals surface area (Å²) < 4.78 is 85.1. The molecule has 0 aliphatic carbocycles. The largest absolute Gasteiger partial charge is 0.488 e. The predicted octanol–water partition coefficient (Wildman–Crippen LogP) is 7.28. The van der Waals surface area contributed by atoms with Crippen LogP contribution in [-0.2, 0) is 48.1 Å². The topological polar surface area (TPSA) is 146 Å². The number of benzene rings is 5. The van der Waals surface area contributed by atoms with E-state index in [4.69, 9.17) is 0 Å². The van der Waals surface area contributed by atoms with Crippen molar-refractivity contribution < 1.29 is 56.0 Å². The van der Waals surface area contributed by atoms with Crippen molar-refractivity contribution in [3.63, 3.8) is 0 Å². The first-order valence-corrected chi connectivity index (χ1v) is 22.3. The zero-order chi connectivity index (χ0) is 50.9. The normalized spacial score (nSPS) is 13.1. The van der Waals surface area contributed by atoms with E-state index >= 15 is 0 Å². The molecule has 68 heavy (non-hydrogen) atoms. The van der Waals surface area contributed by atoms with Crippen LogP contribution in [0.3, 0.4) is 0 Å². The Morgan fingerprint density at radius 1 is 0.500 bits per heavy atom. The summed E-state index contributed by atoms with van der Waals surface area (Å²) in [4.78, 5) is 28.7. The van der Waals surface area contributed by atoms with E-state index in [0.29, 0.717) is 0 Å². The molecule has 2 amide bonds. The third-order valence-corrected chi connectivity index (χ3v) is 13.8. The van der Waals surface area contributed by atoms with E-state index in [1.807, 2.05) is 114 Å². The van der Waals surface area contributed by atoms with Gasteiger partial charge in [-0.15, -0.1) is 0 Å². The summed E-state index contributed by atoms with van der Waals surface area (Å²) in [7, 11) is -4.16. The second-order valence-corrected chi connectivity index (χ2v) is 20.3. The highest BCUT2D eigenvalue weighted by Crippen LogP contribution is 2.40. The number of hydrogen-bond acceptors (Lipinski definition) is 8. The van der Waals surface area contributed by atoms with E-state index in [2.05, 4.69) is 10.6 Å². The molecule has 5 aromatic rings. The van der Waals surface area contributed by atoms with Gasteiger partial charge in [0.15, 0.2) is 0 Å². The van der Waals surface area contributed by atoms with Gasteiger partial charge in [0, 0.05) is 75.0 Å². The van der Waals surface area contributed by atoms with Gasteiger partial charge in [-0.3, -0.25) is 19.4 Å². The first kappa shape index (κ1) is 54.0. The molecule has 0 unspecified atom stereocenters. The van der Waals surface area contributed by atoms with Gasteiger partial charge in [0.25, 0.3) is 0 Å². The zero-order valence-electron chi connectivity index (χ0n) is 40.2. The molecular formula is C50H62B2F6N4O6. The summed E-state index contributed by atoms with van der Waals surface area (Å²) in [5, 5.41) is 50.6. The molecule has 366 valence electrons. The lowest BCUT2D eigenvalue weighted by Gasteiger charge is -2.45. The number of alkyl halides is 6. The number of nitrogens with zero attached hydrogens (tertiary/aromatic N) is 2. The van der Waals surface area contributed by atoms with Gasteiger partial charge in [-0.2, -0.15) is 26.3 Å². The number of amides is 2. The van der Waals surface area contributed by atoms with Crippen molar-refractivity contribution >= 4 is 58.5 Å². The van der Waals surface area contributed by atoms with Gasteiger partial charge in [-0.05, 0) is 94.6 Å². The molecule has 0 heterocycles. The lowest BCUT2D eigenvalue weighted by Crippen LogP contribution is -2.57. The van der Waals surface area contributed by atoms with E-state index in [1.165, 1.54) is 13.8 Å². The average molecular weight is 951 g/mol. The summed E-state index contributed by atoms with van der Waals surface area (Å²) in [5.41, 5.74) is -3.65. The molecule has 0 saturated heterocycles. The molecule has 0 bridgehead atoms. The Balaban J connectivity index is 1.74. The Morgan fingerprint density at radius 2 is 0.794 bits per heavy atom. The molecule has 10 nitrogen and oxygen atoms in total. The Bertz CT molecular complexity index is 2400. The summed E-state index contributed by atoms with van der Waals surface area (Å²) >= 11 is 0. The van der Waals surface area contributed by atoms with Crippen molar-refractivity contribution in [2.45, 2.75) is 119 Å². The maximum atomic E-state index is 14.2. The minimum Gasteiger partial charge on any atom is -0.423 e. The van der Waals surface area contributed by atoms with Gasteiger partial charge in [0.1, 0.15) is 0 Å². The number of nitrogens with one attached hydrogen (secondary N) is 2. The van der Waals surface area contributed by atoms with Gasteiger partial charge >= 0.3 is 26.6 Å².